The van der Waals surface area contributed by atoms with E-state index in [4.69, 9.17) is 33.5 Å². The van der Waals surface area contributed by atoms with Crippen molar-refractivity contribution in [1.82, 2.24) is 15.5 Å². The Morgan fingerprint density at radius 1 is 1.47 bits per heavy atom. The second-order valence-corrected chi connectivity index (χ2v) is 4.57. The van der Waals surface area contributed by atoms with Crippen molar-refractivity contribution in [3.05, 3.63) is 39.5 Å². The lowest BCUT2D eigenvalue weighted by atomic mass is 10.2. The number of amides is 1. The molecule has 0 aliphatic rings. The van der Waals surface area contributed by atoms with Crippen molar-refractivity contribution in [2.24, 2.45) is 0 Å². The standard InChI is InChI=1S/C11H10Cl2N4O2/c1-5-16-9(19-17-5)4-15-11(18)7-2-6(14)3-8(12)10(7)13/h2-3H,4,14H2,1H3,(H,15,18). The summed E-state index contributed by atoms with van der Waals surface area (Å²) in [6, 6.07) is 2.92. The molecular formula is C11H10Cl2N4O2. The molecule has 0 bridgehead atoms. The van der Waals surface area contributed by atoms with Crippen molar-refractivity contribution in [3.63, 3.8) is 0 Å². The first kappa shape index (κ1) is 13.6. The number of aromatic nitrogens is 2. The van der Waals surface area contributed by atoms with Gasteiger partial charge in [-0.15, -0.1) is 0 Å². The van der Waals surface area contributed by atoms with Crippen LogP contribution in [0, 0.1) is 6.92 Å². The van der Waals surface area contributed by atoms with E-state index in [2.05, 4.69) is 15.5 Å². The van der Waals surface area contributed by atoms with Gasteiger partial charge in [-0.25, -0.2) is 0 Å². The Kier molecular flexibility index (Phi) is 3.92. The second kappa shape index (κ2) is 5.46. The molecule has 100 valence electrons. The minimum absolute atomic E-state index is 0.0996. The number of anilines is 1. The highest BCUT2D eigenvalue weighted by Crippen LogP contribution is 2.28. The number of nitrogen functional groups attached to an aromatic ring is 1. The van der Waals surface area contributed by atoms with Crippen LogP contribution in [0.2, 0.25) is 10.0 Å². The minimum Gasteiger partial charge on any atom is -0.399 e. The summed E-state index contributed by atoms with van der Waals surface area (Å²) in [7, 11) is 0. The average Bonchev–Trinajstić information content (AvgIpc) is 2.76. The molecule has 0 aliphatic carbocycles. The van der Waals surface area contributed by atoms with Crippen LogP contribution in [0.5, 0.6) is 0 Å². The number of benzene rings is 1. The van der Waals surface area contributed by atoms with Crippen molar-refractivity contribution in [2.45, 2.75) is 13.5 Å². The van der Waals surface area contributed by atoms with Crippen molar-refractivity contribution in [2.75, 3.05) is 5.73 Å². The normalized spacial score (nSPS) is 10.5. The van der Waals surface area contributed by atoms with E-state index in [1.54, 1.807) is 6.92 Å². The molecule has 1 amide bonds. The fraction of sp³-hybridized carbons (Fsp3) is 0.182. The number of nitrogens with zero attached hydrogens (tertiary/aromatic N) is 2. The maximum Gasteiger partial charge on any atom is 0.253 e. The average molecular weight is 301 g/mol. The van der Waals surface area contributed by atoms with Gasteiger partial charge < -0.3 is 15.6 Å². The Hall–Kier alpha value is -1.79. The van der Waals surface area contributed by atoms with E-state index in [1.807, 2.05) is 0 Å². The van der Waals surface area contributed by atoms with Gasteiger partial charge in [0.2, 0.25) is 5.89 Å². The lowest BCUT2D eigenvalue weighted by Gasteiger charge is -2.07. The quantitative estimate of drug-likeness (QED) is 0.847. The Morgan fingerprint density at radius 3 is 2.84 bits per heavy atom. The maximum absolute atomic E-state index is 12.0. The molecule has 3 N–H and O–H groups in total. The van der Waals surface area contributed by atoms with E-state index in [9.17, 15) is 4.79 Å². The summed E-state index contributed by atoms with van der Waals surface area (Å²) in [5, 5.41) is 6.57. The Balaban J connectivity index is 2.12. The van der Waals surface area contributed by atoms with Crippen LogP contribution in [0.3, 0.4) is 0 Å². The van der Waals surface area contributed by atoms with Gasteiger partial charge in [0.1, 0.15) is 0 Å². The van der Waals surface area contributed by atoms with Gasteiger partial charge in [-0.05, 0) is 19.1 Å². The predicted molar refractivity (Wildman–Crippen MR) is 71.1 cm³/mol. The molecule has 1 heterocycles. The summed E-state index contributed by atoms with van der Waals surface area (Å²) in [5.41, 5.74) is 6.16. The molecule has 0 atom stereocenters. The number of nitrogens with two attached hydrogens (primary N) is 1. The smallest absolute Gasteiger partial charge is 0.253 e. The summed E-state index contributed by atoms with van der Waals surface area (Å²) in [5.74, 6) is 0.376. The molecule has 6 nitrogen and oxygen atoms in total. The van der Waals surface area contributed by atoms with Crippen LogP contribution < -0.4 is 11.1 Å². The number of aryl methyl sites for hydroxylation is 1. The molecule has 0 aliphatic heterocycles. The van der Waals surface area contributed by atoms with E-state index < -0.39 is 5.91 Å². The van der Waals surface area contributed by atoms with Gasteiger partial charge in [0.05, 0.1) is 22.2 Å². The lowest BCUT2D eigenvalue weighted by molar-refractivity contribution is 0.0946. The zero-order valence-electron chi connectivity index (χ0n) is 9.91. The van der Waals surface area contributed by atoms with Gasteiger partial charge in [0.25, 0.3) is 5.91 Å². The first-order chi connectivity index (χ1) is 8.97. The Labute approximate surface area is 118 Å². The second-order valence-electron chi connectivity index (χ2n) is 3.78. The van der Waals surface area contributed by atoms with Crippen LogP contribution in [0.1, 0.15) is 22.1 Å². The molecule has 0 unspecified atom stereocenters. The fourth-order valence-electron chi connectivity index (χ4n) is 1.44. The molecule has 0 fully saturated rings. The van der Waals surface area contributed by atoms with Crippen molar-refractivity contribution < 1.29 is 9.32 Å². The molecule has 19 heavy (non-hydrogen) atoms. The molecule has 0 radical (unpaired) electrons. The van der Waals surface area contributed by atoms with Gasteiger partial charge >= 0.3 is 0 Å². The molecule has 0 spiro atoms. The van der Waals surface area contributed by atoms with Gasteiger partial charge in [-0.3, -0.25) is 4.79 Å². The summed E-state index contributed by atoms with van der Waals surface area (Å²) in [6.07, 6.45) is 0. The summed E-state index contributed by atoms with van der Waals surface area (Å²) in [4.78, 5) is 15.9. The largest absolute Gasteiger partial charge is 0.399 e. The van der Waals surface area contributed by atoms with Crippen molar-refractivity contribution in [3.8, 4) is 0 Å². The molecular weight excluding hydrogens is 291 g/mol. The topological polar surface area (TPSA) is 94.0 Å². The van der Waals surface area contributed by atoms with Crippen LogP contribution in [0.4, 0.5) is 5.69 Å². The lowest BCUT2D eigenvalue weighted by Crippen LogP contribution is -2.23. The molecule has 0 saturated heterocycles. The number of nitrogens with one attached hydrogen (secondary N) is 1. The Bertz CT molecular complexity index is 627. The number of hydrogen-bond acceptors (Lipinski definition) is 5. The van der Waals surface area contributed by atoms with Crippen LogP contribution in [-0.2, 0) is 6.54 Å². The van der Waals surface area contributed by atoms with E-state index in [0.717, 1.165) is 0 Å². The number of halogens is 2. The summed E-state index contributed by atoms with van der Waals surface area (Å²) >= 11 is 11.8. The molecule has 2 rings (SSSR count). The first-order valence-corrected chi connectivity index (χ1v) is 6.05. The molecule has 8 heteroatoms. The van der Waals surface area contributed by atoms with E-state index in [-0.39, 0.29) is 22.2 Å². The Morgan fingerprint density at radius 2 is 2.21 bits per heavy atom. The summed E-state index contributed by atoms with van der Waals surface area (Å²) < 4.78 is 4.87. The van der Waals surface area contributed by atoms with Crippen LogP contribution in [0.15, 0.2) is 16.7 Å². The van der Waals surface area contributed by atoms with Gasteiger partial charge in [0.15, 0.2) is 5.82 Å². The third kappa shape index (κ3) is 3.15. The van der Waals surface area contributed by atoms with E-state index in [1.165, 1.54) is 12.1 Å². The molecule has 0 saturated carbocycles. The third-order valence-electron chi connectivity index (χ3n) is 2.26. The van der Waals surface area contributed by atoms with E-state index in [0.29, 0.717) is 17.4 Å². The summed E-state index contributed by atoms with van der Waals surface area (Å²) in [6.45, 7) is 1.78. The highest BCUT2D eigenvalue weighted by atomic mass is 35.5. The number of rotatable bonds is 3. The highest BCUT2D eigenvalue weighted by Gasteiger charge is 2.15. The number of hydrogen-bond donors (Lipinski definition) is 2. The van der Waals surface area contributed by atoms with Crippen molar-refractivity contribution >= 4 is 34.8 Å². The van der Waals surface area contributed by atoms with Gasteiger partial charge in [-0.2, -0.15) is 4.98 Å². The van der Waals surface area contributed by atoms with Gasteiger partial charge in [0, 0.05) is 5.69 Å². The molecule has 2 aromatic rings. The number of carbonyl (C=O) groups is 1. The monoisotopic (exact) mass is 300 g/mol. The van der Waals surface area contributed by atoms with Crippen LogP contribution in [-0.4, -0.2) is 16.0 Å². The van der Waals surface area contributed by atoms with Gasteiger partial charge in [-0.1, -0.05) is 28.4 Å². The maximum atomic E-state index is 12.0. The molecule has 1 aromatic heterocycles. The SMILES string of the molecule is Cc1noc(CNC(=O)c2cc(N)cc(Cl)c2Cl)n1. The van der Waals surface area contributed by atoms with E-state index >= 15 is 0 Å². The molecule has 1 aromatic carbocycles. The third-order valence-corrected chi connectivity index (χ3v) is 3.07. The zero-order chi connectivity index (χ0) is 14.0. The van der Waals surface area contributed by atoms with Crippen LogP contribution in [0.25, 0.3) is 0 Å². The minimum atomic E-state index is -0.421. The first-order valence-electron chi connectivity index (χ1n) is 5.29. The zero-order valence-corrected chi connectivity index (χ0v) is 11.4. The number of carbonyl (C=O) groups excluding carboxylic acids is 1. The fourth-order valence-corrected chi connectivity index (χ4v) is 1.86. The highest BCUT2D eigenvalue weighted by molar-refractivity contribution is 6.44. The van der Waals surface area contributed by atoms with Crippen molar-refractivity contribution in [1.29, 1.82) is 0 Å². The van der Waals surface area contributed by atoms with Crippen LogP contribution >= 0.6 is 23.2 Å². The predicted octanol–water partition coefficient (Wildman–Crippen LogP) is 2.20.